The van der Waals surface area contributed by atoms with Gasteiger partial charge in [-0.05, 0) is 67.9 Å². The molecule has 0 bridgehead atoms. The van der Waals surface area contributed by atoms with Crippen molar-refractivity contribution >= 4 is 35.2 Å². The molecule has 2 aliphatic rings. The van der Waals surface area contributed by atoms with Crippen LogP contribution in [0.5, 0.6) is 0 Å². The molecule has 36 heavy (non-hydrogen) atoms. The molecule has 1 atom stereocenters. The number of amides is 1. The van der Waals surface area contributed by atoms with E-state index < -0.39 is 12.8 Å². The SMILES string of the molecule is O=C(NC1=C(C2CCN(C/C=C/c3ccc(Cl)cc3)CC2)NC(OC(F)F)C=C1)c1ccnc(Cl)c1. The monoisotopic (exact) mass is 534 g/mol. The van der Waals surface area contributed by atoms with Gasteiger partial charge in [-0.1, -0.05) is 47.5 Å². The predicted molar refractivity (Wildman–Crippen MR) is 137 cm³/mol. The maximum absolute atomic E-state index is 12.8. The first-order valence-electron chi connectivity index (χ1n) is 11.6. The number of rotatable bonds is 8. The molecule has 1 saturated heterocycles. The Morgan fingerprint density at radius 2 is 1.97 bits per heavy atom. The van der Waals surface area contributed by atoms with Gasteiger partial charge in [0.2, 0.25) is 0 Å². The zero-order chi connectivity index (χ0) is 25.5. The number of ether oxygens (including phenoxy) is 1. The summed E-state index contributed by atoms with van der Waals surface area (Å²) in [6.45, 7) is -0.471. The standard InChI is InChI=1S/C26H26Cl2F2N4O2/c27-20-5-3-17(4-6-20)2-1-13-34-14-10-18(11-15-34)24-21(7-8-23(33-24)36-26(29)30)32-25(35)19-9-12-31-22(28)16-19/h1-9,12,16,18,23,26,33H,10-11,13-15H2,(H,32,35)/b2-1+. The maximum Gasteiger partial charge on any atom is 0.347 e. The minimum atomic E-state index is -2.92. The molecule has 6 nitrogen and oxygen atoms in total. The third-order valence-corrected chi connectivity index (χ3v) is 6.51. The summed E-state index contributed by atoms with van der Waals surface area (Å²) < 4.78 is 30.4. The molecule has 0 saturated carbocycles. The molecular weight excluding hydrogens is 509 g/mol. The van der Waals surface area contributed by atoms with Crippen molar-refractivity contribution in [3.05, 3.63) is 93.5 Å². The van der Waals surface area contributed by atoms with Crippen LogP contribution in [0.2, 0.25) is 10.2 Å². The zero-order valence-corrected chi connectivity index (χ0v) is 20.9. The molecule has 1 aromatic heterocycles. The number of carbonyl (C=O) groups is 1. The number of dihydropyridines is 1. The molecule has 1 fully saturated rings. The maximum atomic E-state index is 12.8. The Morgan fingerprint density at radius 1 is 1.22 bits per heavy atom. The number of halogens is 4. The van der Waals surface area contributed by atoms with Gasteiger partial charge in [0.25, 0.3) is 5.91 Å². The van der Waals surface area contributed by atoms with E-state index in [1.54, 1.807) is 12.1 Å². The lowest BCUT2D eigenvalue weighted by Gasteiger charge is -2.36. The Bertz CT molecular complexity index is 1150. The number of carbonyl (C=O) groups excluding carboxylic acids is 1. The van der Waals surface area contributed by atoms with E-state index in [2.05, 4.69) is 37.4 Å². The first-order valence-corrected chi connectivity index (χ1v) is 12.3. The number of aromatic nitrogens is 1. The number of allylic oxidation sites excluding steroid dienone is 2. The minimum absolute atomic E-state index is 0.0477. The van der Waals surface area contributed by atoms with Crippen LogP contribution in [0.15, 0.2) is 72.2 Å². The number of alkyl halides is 2. The number of hydrogen-bond acceptors (Lipinski definition) is 5. The quantitative estimate of drug-likeness (QED) is 0.439. The summed E-state index contributed by atoms with van der Waals surface area (Å²) in [7, 11) is 0. The van der Waals surface area contributed by atoms with Gasteiger partial charge in [0.15, 0.2) is 6.23 Å². The predicted octanol–water partition coefficient (Wildman–Crippen LogP) is 5.48. The van der Waals surface area contributed by atoms with E-state index in [0.29, 0.717) is 22.0 Å². The number of pyridine rings is 1. The molecule has 10 heteroatoms. The molecule has 3 heterocycles. The van der Waals surface area contributed by atoms with Crippen molar-refractivity contribution in [2.45, 2.75) is 25.7 Å². The largest absolute Gasteiger partial charge is 0.358 e. The van der Waals surface area contributed by atoms with Gasteiger partial charge in [0, 0.05) is 34.9 Å². The Morgan fingerprint density at radius 3 is 2.67 bits per heavy atom. The second kappa shape index (κ2) is 12.5. The van der Waals surface area contributed by atoms with E-state index in [0.717, 1.165) is 38.0 Å². The third kappa shape index (κ3) is 7.36. The Balaban J connectivity index is 1.41. The molecule has 1 amide bonds. The van der Waals surface area contributed by atoms with E-state index in [-0.39, 0.29) is 17.0 Å². The van der Waals surface area contributed by atoms with E-state index in [4.69, 9.17) is 23.2 Å². The highest BCUT2D eigenvalue weighted by Crippen LogP contribution is 2.28. The number of nitrogens with one attached hydrogen (secondary N) is 2. The molecule has 2 aromatic rings. The van der Waals surface area contributed by atoms with Gasteiger partial charge >= 0.3 is 6.61 Å². The number of piperidine rings is 1. The first kappa shape index (κ1) is 26.3. The van der Waals surface area contributed by atoms with Crippen LogP contribution in [0.1, 0.15) is 28.8 Å². The molecule has 4 rings (SSSR count). The van der Waals surface area contributed by atoms with E-state index in [1.165, 1.54) is 18.3 Å². The van der Waals surface area contributed by atoms with Crippen molar-refractivity contribution in [3.8, 4) is 0 Å². The van der Waals surface area contributed by atoms with Gasteiger partial charge in [0.1, 0.15) is 5.15 Å². The number of likely N-dealkylation sites (tertiary alicyclic amines) is 1. The summed E-state index contributed by atoms with van der Waals surface area (Å²) in [6.07, 6.45) is 9.32. The van der Waals surface area contributed by atoms with Crippen molar-refractivity contribution in [2.24, 2.45) is 5.92 Å². The van der Waals surface area contributed by atoms with Crippen LogP contribution < -0.4 is 10.6 Å². The molecule has 0 radical (unpaired) electrons. The number of hydrogen-bond donors (Lipinski definition) is 2. The van der Waals surface area contributed by atoms with Crippen LogP contribution in [-0.2, 0) is 4.74 Å². The van der Waals surface area contributed by atoms with Crippen LogP contribution in [0.3, 0.4) is 0 Å². The lowest BCUT2D eigenvalue weighted by molar-refractivity contribution is -0.156. The first-order chi connectivity index (χ1) is 17.4. The van der Waals surface area contributed by atoms with Crippen molar-refractivity contribution in [3.63, 3.8) is 0 Å². The molecule has 1 aromatic carbocycles. The fraction of sp³-hybridized carbons (Fsp3) is 0.308. The summed E-state index contributed by atoms with van der Waals surface area (Å²) in [5.74, 6) is -0.317. The van der Waals surface area contributed by atoms with Gasteiger partial charge in [-0.15, -0.1) is 0 Å². The van der Waals surface area contributed by atoms with Crippen LogP contribution in [-0.4, -0.2) is 48.3 Å². The Labute approximate surface area is 218 Å². The van der Waals surface area contributed by atoms with Gasteiger partial charge in [-0.3, -0.25) is 14.4 Å². The molecule has 0 aliphatic carbocycles. The lowest BCUT2D eigenvalue weighted by atomic mass is 9.90. The van der Waals surface area contributed by atoms with E-state index >= 15 is 0 Å². The average Bonchev–Trinajstić information content (AvgIpc) is 2.86. The van der Waals surface area contributed by atoms with Crippen LogP contribution >= 0.6 is 23.2 Å². The highest BCUT2D eigenvalue weighted by Gasteiger charge is 2.29. The second-order valence-electron chi connectivity index (χ2n) is 8.50. The Hall–Kier alpha value is -2.78. The molecular formula is C26H26Cl2F2N4O2. The highest BCUT2D eigenvalue weighted by atomic mass is 35.5. The molecule has 2 aliphatic heterocycles. The van der Waals surface area contributed by atoms with Crippen LogP contribution in [0.4, 0.5) is 8.78 Å². The minimum Gasteiger partial charge on any atom is -0.358 e. The van der Waals surface area contributed by atoms with Gasteiger partial charge in [-0.25, -0.2) is 4.98 Å². The van der Waals surface area contributed by atoms with Crippen molar-refractivity contribution < 1.29 is 18.3 Å². The number of nitrogens with zero attached hydrogens (tertiary/aromatic N) is 2. The summed E-state index contributed by atoms with van der Waals surface area (Å²) in [4.78, 5) is 19.0. The van der Waals surface area contributed by atoms with Gasteiger partial charge in [0.05, 0.1) is 5.70 Å². The summed E-state index contributed by atoms with van der Waals surface area (Å²) in [5.41, 5.74) is 2.65. The Kier molecular flexibility index (Phi) is 9.09. The summed E-state index contributed by atoms with van der Waals surface area (Å²) in [6, 6.07) is 10.7. The second-order valence-corrected chi connectivity index (χ2v) is 9.32. The fourth-order valence-corrected chi connectivity index (χ4v) is 4.54. The van der Waals surface area contributed by atoms with Crippen molar-refractivity contribution in [1.82, 2.24) is 20.5 Å². The van der Waals surface area contributed by atoms with Crippen LogP contribution in [0.25, 0.3) is 6.08 Å². The van der Waals surface area contributed by atoms with E-state index in [9.17, 15) is 13.6 Å². The smallest absolute Gasteiger partial charge is 0.347 e. The topological polar surface area (TPSA) is 66.5 Å². The van der Waals surface area contributed by atoms with Crippen molar-refractivity contribution in [2.75, 3.05) is 19.6 Å². The summed E-state index contributed by atoms with van der Waals surface area (Å²) >= 11 is 11.8. The van der Waals surface area contributed by atoms with Crippen molar-refractivity contribution in [1.29, 1.82) is 0 Å². The van der Waals surface area contributed by atoms with Gasteiger partial charge in [-0.2, -0.15) is 8.78 Å². The molecule has 2 N–H and O–H groups in total. The number of benzene rings is 1. The molecule has 190 valence electrons. The molecule has 1 unspecified atom stereocenters. The third-order valence-electron chi connectivity index (χ3n) is 6.05. The molecule has 0 spiro atoms. The lowest BCUT2D eigenvalue weighted by Crippen LogP contribution is -2.43. The average molecular weight is 535 g/mol. The normalized spacial score (nSPS) is 19.2. The summed E-state index contributed by atoms with van der Waals surface area (Å²) in [5, 5.41) is 6.84. The highest BCUT2D eigenvalue weighted by molar-refractivity contribution is 6.30. The van der Waals surface area contributed by atoms with E-state index in [1.807, 2.05) is 24.3 Å². The van der Waals surface area contributed by atoms with Crippen LogP contribution in [0, 0.1) is 5.92 Å². The van der Waals surface area contributed by atoms with Gasteiger partial charge < -0.3 is 10.6 Å². The fourth-order valence-electron chi connectivity index (χ4n) is 4.24. The zero-order valence-electron chi connectivity index (χ0n) is 19.3.